The molecule has 0 saturated heterocycles. The monoisotopic (exact) mass is 191 g/mol. The van der Waals surface area contributed by atoms with Crippen molar-refractivity contribution in [2.45, 2.75) is 0 Å². The predicted molar refractivity (Wildman–Crippen MR) is 51.2 cm³/mol. The van der Waals surface area contributed by atoms with Crippen molar-refractivity contribution < 1.29 is 9.84 Å². The zero-order valence-corrected chi connectivity index (χ0v) is 7.27. The van der Waals surface area contributed by atoms with Crippen LogP contribution in [0.3, 0.4) is 0 Å². The van der Waals surface area contributed by atoms with Crippen LogP contribution in [0.15, 0.2) is 30.5 Å². The molecule has 0 radical (unpaired) electrons. The molecule has 2 aromatic rings. The number of para-hydroxylation sites is 2. The third-order valence-electron chi connectivity index (χ3n) is 1.64. The van der Waals surface area contributed by atoms with E-state index in [9.17, 15) is 5.11 Å². The van der Waals surface area contributed by atoms with E-state index >= 15 is 0 Å². The number of H-pyrrole nitrogens is 1. The van der Waals surface area contributed by atoms with Crippen molar-refractivity contribution in [2.75, 3.05) is 5.73 Å². The second-order valence-corrected chi connectivity index (χ2v) is 2.71. The maximum atomic E-state index is 9.38. The highest BCUT2D eigenvalue weighted by Crippen LogP contribution is 2.28. The molecule has 0 aliphatic rings. The zero-order valence-electron chi connectivity index (χ0n) is 7.27. The molecule has 0 saturated carbocycles. The molecule has 0 amide bonds. The number of hydrogen-bond acceptors (Lipinski definition) is 4. The van der Waals surface area contributed by atoms with Gasteiger partial charge in [0.25, 0.3) is 0 Å². The third kappa shape index (κ3) is 1.61. The van der Waals surface area contributed by atoms with Crippen molar-refractivity contribution >= 4 is 5.82 Å². The number of ether oxygens (including phenoxy) is 1. The van der Waals surface area contributed by atoms with Crippen LogP contribution in [0.1, 0.15) is 0 Å². The highest BCUT2D eigenvalue weighted by Gasteiger charge is 2.04. The molecule has 14 heavy (non-hydrogen) atoms. The SMILES string of the molecule is Nc1cnc(Oc2ccccc2O)[nH]1. The summed E-state index contributed by atoms with van der Waals surface area (Å²) in [4.78, 5) is 6.52. The molecule has 1 aromatic carbocycles. The number of imidazole rings is 1. The first-order valence-electron chi connectivity index (χ1n) is 4.02. The van der Waals surface area contributed by atoms with Crippen molar-refractivity contribution in [1.82, 2.24) is 9.97 Å². The first-order chi connectivity index (χ1) is 6.75. The number of benzene rings is 1. The van der Waals surface area contributed by atoms with Gasteiger partial charge >= 0.3 is 6.01 Å². The number of hydrogen-bond donors (Lipinski definition) is 3. The van der Waals surface area contributed by atoms with Gasteiger partial charge in [-0.05, 0) is 12.1 Å². The molecular formula is C9H9N3O2. The number of phenols is 1. The minimum absolute atomic E-state index is 0.0578. The van der Waals surface area contributed by atoms with Gasteiger partial charge in [0.1, 0.15) is 5.82 Å². The standard InChI is InChI=1S/C9H9N3O2/c10-8-5-11-9(12-8)14-7-4-2-1-3-6(7)13/h1-5,13H,10H2,(H,11,12). The highest BCUT2D eigenvalue weighted by molar-refractivity contribution is 5.40. The van der Waals surface area contributed by atoms with Crippen molar-refractivity contribution in [3.63, 3.8) is 0 Å². The Balaban J connectivity index is 2.23. The van der Waals surface area contributed by atoms with E-state index in [1.165, 1.54) is 12.3 Å². The predicted octanol–water partition coefficient (Wildman–Crippen LogP) is 1.49. The average molecular weight is 191 g/mol. The van der Waals surface area contributed by atoms with Gasteiger partial charge < -0.3 is 15.6 Å². The van der Waals surface area contributed by atoms with Gasteiger partial charge in [-0.25, -0.2) is 4.98 Å². The number of aromatic amines is 1. The van der Waals surface area contributed by atoms with E-state index in [1.54, 1.807) is 18.2 Å². The quantitative estimate of drug-likeness (QED) is 0.671. The highest BCUT2D eigenvalue weighted by atomic mass is 16.5. The van der Waals surface area contributed by atoms with Crippen LogP contribution in [0, 0.1) is 0 Å². The van der Waals surface area contributed by atoms with Gasteiger partial charge in [0.15, 0.2) is 11.5 Å². The fourth-order valence-corrected chi connectivity index (χ4v) is 1.02. The second kappa shape index (κ2) is 3.29. The molecule has 72 valence electrons. The van der Waals surface area contributed by atoms with E-state index < -0.39 is 0 Å². The van der Waals surface area contributed by atoms with Crippen LogP contribution in [-0.4, -0.2) is 15.1 Å². The molecule has 2 rings (SSSR count). The molecule has 0 unspecified atom stereocenters. The van der Waals surface area contributed by atoms with Crippen LogP contribution in [0.2, 0.25) is 0 Å². The van der Waals surface area contributed by atoms with Gasteiger partial charge in [-0.1, -0.05) is 12.1 Å². The lowest BCUT2D eigenvalue weighted by Gasteiger charge is -2.02. The molecule has 1 heterocycles. The molecule has 1 aromatic heterocycles. The third-order valence-corrected chi connectivity index (χ3v) is 1.64. The van der Waals surface area contributed by atoms with Gasteiger partial charge in [0.05, 0.1) is 6.20 Å². The van der Waals surface area contributed by atoms with Gasteiger partial charge in [0.2, 0.25) is 0 Å². The van der Waals surface area contributed by atoms with Crippen LogP contribution >= 0.6 is 0 Å². The van der Waals surface area contributed by atoms with Crippen molar-refractivity contribution in [3.8, 4) is 17.5 Å². The molecule has 0 fully saturated rings. The summed E-state index contributed by atoms with van der Waals surface area (Å²) in [7, 11) is 0. The Hall–Kier alpha value is -2.17. The maximum Gasteiger partial charge on any atom is 0.300 e. The fraction of sp³-hybridized carbons (Fsp3) is 0. The van der Waals surface area contributed by atoms with Crippen LogP contribution in [0.5, 0.6) is 17.5 Å². The maximum absolute atomic E-state index is 9.38. The summed E-state index contributed by atoms with van der Waals surface area (Å²) in [6.45, 7) is 0. The number of nitrogens with zero attached hydrogens (tertiary/aromatic N) is 1. The average Bonchev–Trinajstić information content (AvgIpc) is 2.56. The molecular weight excluding hydrogens is 182 g/mol. The Kier molecular flexibility index (Phi) is 1.98. The van der Waals surface area contributed by atoms with Crippen LogP contribution in [0.25, 0.3) is 0 Å². The number of phenolic OH excluding ortho intramolecular Hbond substituents is 1. The largest absolute Gasteiger partial charge is 0.504 e. The number of aromatic hydroxyl groups is 1. The Morgan fingerprint density at radius 1 is 1.36 bits per heavy atom. The normalized spacial score (nSPS) is 10.0. The lowest BCUT2D eigenvalue weighted by atomic mass is 10.3. The lowest BCUT2D eigenvalue weighted by molar-refractivity contribution is 0.395. The van der Waals surface area contributed by atoms with Crippen LogP contribution in [-0.2, 0) is 0 Å². The number of nitrogens with one attached hydrogen (secondary N) is 1. The fourth-order valence-electron chi connectivity index (χ4n) is 1.02. The summed E-state index contributed by atoms with van der Waals surface area (Å²) in [5.74, 6) is 0.805. The van der Waals surface area contributed by atoms with E-state index in [1.807, 2.05) is 0 Å². The van der Waals surface area contributed by atoms with Gasteiger partial charge in [-0.15, -0.1) is 0 Å². The van der Waals surface area contributed by atoms with Crippen molar-refractivity contribution in [2.24, 2.45) is 0 Å². The number of aromatic nitrogens is 2. The Bertz CT molecular complexity index is 439. The minimum Gasteiger partial charge on any atom is -0.504 e. The molecule has 5 nitrogen and oxygen atoms in total. The van der Waals surface area contributed by atoms with Crippen LogP contribution in [0.4, 0.5) is 5.82 Å². The number of nitrogens with two attached hydrogens (primary N) is 1. The first-order valence-corrected chi connectivity index (χ1v) is 4.02. The van der Waals surface area contributed by atoms with Gasteiger partial charge in [0, 0.05) is 0 Å². The first kappa shape index (κ1) is 8.43. The number of rotatable bonds is 2. The molecule has 0 aliphatic heterocycles. The van der Waals surface area contributed by atoms with E-state index in [-0.39, 0.29) is 11.8 Å². The summed E-state index contributed by atoms with van der Waals surface area (Å²) in [6.07, 6.45) is 1.44. The zero-order chi connectivity index (χ0) is 9.97. The molecule has 4 N–H and O–H groups in total. The smallest absolute Gasteiger partial charge is 0.300 e. The summed E-state index contributed by atoms with van der Waals surface area (Å²) < 4.78 is 5.23. The van der Waals surface area contributed by atoms with Gasteiger partial charge in [-0.2, -0.15) is 0 Å². The lowest BCUT2D eigenvalue weighted by Crippen LogP contribution is -1.87. The molecule has 5 heteroatoms. The topological polar surface area (TPSA) is 84.2 Å². The Labute approximate surface area is 80.2 Å². The van der Waals surface area contributed by atoms with Crippen molar-refractivity contribution in [1.29, 1.82) is 0 Å². The Morgan fingerprint density at radius 2 is 2.14 bits per heavy atom. The minimum atomic E-state index is 0.0578. The Morgan fingerprint density at radius 3 is 2.79 bits per heavy atom. The van der Waals surface area contributed by atoms with Crippen molar-refractivity contribution in [3.05, 3.63) is 30.5 Å². The number of nitrogen functional groups attached to an aromatic ring is 1. The second-order valence-electron chi connectivity index (χ2n) is 2.71. The van der Waals surface area contributed by atoms with E-state index in [2.05, 4.69) is 9.97 Å². The molecule has 0 bridgehead atoms. The van der Waals surface area contributed by atoms with Crippen LogP contribution < -0.4 is 10.5 Å². The summed E-state index contributed by atoms with van der Waals surface area (Å²) >= 11 is 0. The number of anilines is 1. The summed E-state index contributed by atoms with van der Waals surface area (Å²) in [6, 6.07) is 6.87. The van der Waals surface area contributed by atoms with E-state index in [0.29, 0.717) is 11.6 Å². The molecule has 0 spiro atoms. The molecule has 0 atom stereocenters. The van der Waals surface area contributed by atoms with E-state index in [4.69, 9.17) is 10.5 Å². The summed E-state index contributed by atoms with van der Waals surface area (Å²) in [5, 5.41) is 9.38. The van der Waals surface area contributed by atoms with Gasteiger partial charge in [-0.3, -0.25) is 4.98 Å². The molecule has 0 aliphatic carbocycles. The van der Waals surface area contributed by atoms with E-state index in [0.717, 1.165) is 0 Å². The summed E-state index contributed by atoms with van der Waals surface area (Å²) in [5.41, 5.74) is 5.41.